The van der Waals surface area contributed by atoms with Crippen LogP contribution in [0.15, 0.2) is 24.4 Å². The van der Waals surface area contributed by atoms with E-state index in [4.69, 9.17) is 0 Å². The van der Waals surface area contributed by atoms with E-state index in [0.717, 1.165) is 36.1 Å². The van der Waals surface area contributed by atoms with Gasteiger partial charge in [-0.3, -0.25) is 0 Å². The van der Waals surface area contributed by atoms with Gasteiger partial charge in [-0.2, -0.15) is 10.2 Å². The van der Waals surface area contributed by atoms with Crippen LogP contribution in [-0.2, 0) is 6.54 Å². The molecule has 0 amide bonds. The number of rotatable bonds is 6. The van der Waals surface area contributed by atoms with E-state index < -0.39 is 0 Å². The Labute approximate surface area is 112 Å². The van der Waals surface area contributed by atoms with Crippen LogP contribution in [0.25, 0.3) is 0 Å². The summed E-state index contributed by atoms with van der Waals surface area (Å²) in [5.74, 6) is 2.37. The van der Waals surface area contributed by atoms with Crippen molar-refractivity contribution < 1.29 is 0 Å². The van der Waals surface area contributed by atoms with Gasteiger partial charge < -0.3 is 10.6 Å². The molecule has 2 heterocycles. The molecule has 100 valence electrons. The van der Waals surface area contributed by atoms with Gasteiger partial charge in [-0.1, -0.05) is 6.92 Å². The first-order valence-corrected chi connectivity index (χ1v) is 6.38. The molecule has 0 aliphatic rings. The average molecular weight is 258 g/mol. The monoisotopic (exact) mass is 258 g/mol. The van der Waals surface area contributed by atoms with Gasteiger partial charge in [0.1, 0.15) is 17.5 Å². The zero-order chi connectivity index (χ0) is 13.5. The predicted molar refractivity (Wildman–Crippen MR) is 74.9 cm³/mol. The first kappa shape index (κ1) is 13.2. The summed E-state index contributed by atoms with van der Waals surface area (Å²) in [7, 11) is 0. The fourth-order valence-corrected chi connectivity index (χ4v) is 1.61. The van der Waals surface area contributed by atoms with Crippen LogP contribution in [0.2, 0.25) is 0 Å². The van der Waals surface area contributed by atoms with Gasteiger partial charge >= 0.3 is 0 Å². The molecule has 0 aliphatic carbocycles. The Balaban J connectivity index is 2.01. The molecule has 0 saturated heterocycles. The summed E-state index contributed by atoms with van der Waals surface area (Å²) in [6.07, 6.45) is 2.72. The van der Waals surface area contributed by atoms with E-state index >= 15 is 0 Å². The van der Waals surface area contributed by atoms with Gasteiger partial charge in [-0.25, -0.2) is 9.97 Å². The molecule has 0 aromatic carbocycles. The van der Waals surface area contributed by atoms with Gasteiger partial charge in [0.05, 0.1) is 12.2 Å². The molecule has 2 aromatic heterocycles. The van der Waals surface area contributed by atoms with E-state index in [1.54, 1.807) is 6.20 Å². The average Bonchev–Trinajstić information content (AvgIpc) is 2.43. The Bertz CT molecular complexity index is 514. The highest BCUT2D eigenvalue weighted by atomic mass is 15.1. The predicted octanol–water partition coefficient (Wildman–Crippen LogP) is 2.01. The summed E-state index contributed by atoms with van der Waals surface area (Å²) in [5.41, 5.74) is 0.877. The fraction of sp³-hybridized carbons (Fsp3) is 0.385. The lowest BCUT2D eigenvalue weighted by Crippen LogP contribution is -2.08. The smallest absolute Gasteiger partial charge is 0.132 e. The van der Waals surface area contributed by atoms with Crippen LogP contribution in [-0.4, -0.2) is 26.7 Å². The molecule has 0 bridgehead atoms. The van der Waals surface area contributed by atoms with Gasteiger partial charge in [-0.05, 0) is 25.5 Å². The maximum absolute atomic E-state index is 4.35. The molecule has 2 aromatic rings. The minimum atomic E-state index is 0.595. The highest BCUT2D eigenvalue weighted by molar-refractivity contribution is 5.47. The van der Waals surface area contributed by atoms with Crippen LogP contribution in [0.1, 0.15) is 24.9 Å². The molecule has 0 saturated carbocycles. The minimum Gasteiger partial charge on any atom is -0.370 e. The lowest BCUT2D eigenvalue weighted by molar-refractivity contribution is 0.913. The SMILES string of the molecule is CCCNc1cc(NCc2cccnn2)nc(C)n1. The van der Waals surface area contributed by atoms with E-state index in [0.29, 0.717) is 6.54 Å². The van der Waals surface area contributed by atoms with Gasteiger partial charge in [0.25, 0.3) is 0 Å². The van der Waals surface area contributed by atoms with Gasteiger partial charge in [0, 0.05) is 18.8 Å². The molecular formula is C13H18N6. The third-order valence-corrected chi connectivity index (χ3v) is 2.47. The number of aryl methyl sites for hydroxylation is 1. The van der Waals surface area contributed by atoms with E-state index in [-0.39, 0.29) is 0 Å². The Morgan fingerprint density at radius 2 is 1.95 bits per heavy atom. The third-order valence-electron chi connectivity index (χ3n) is 2.47. The van der Waals surface area contributed by atoms with Crippen molar-refractivity contribution in [3.05, 3.63) is 35.9 Å². The van der Waals surface area contributed by atoms with E-state index in [2.05, 4.69) is 37.7 Å². The van der Waals surface area contributed by atoms with Crippen molar-refractivity contribution in [1.82, 2.24) is 20.2 Å². The molecular weight excluding hydrogens is 240 g/mol. The fourth-order valence-electron chi connectivity index (χ4n) is 1.61. The maximum Gasteiger partial charge on any atom is 0.132 e. The van der Waals surface area contributed by atoms with Crippen molar-refractivity contribution in [2.45, 2.75) is 26.8 Å². The standard InChI is InChI=1S/C13H18N6/c1-3-6-14-12-8-13(18-10(2)17-12)15-9-11-5-4-7-16-19-11/h4-5,7-8H,3,6,9H2,1-2H3,(H2,14,15,17,18). The molecule has 0 spiro atoms. The van der Waals surface area contributed by atoms with Crippen molar-refractivity contribution in [2.24, 2.45) is 0 Å². The number of anilines is 2. The zero-order valence-corrected chi connectivity index (χ0v) is 11.2. The molecule has 6 nitrogen and oxygen atoms in total. The maximum atomic E-state index is 4.35. The zero-order valence-electron chi connectivity index (χ0n) is 11.2. The lowest BCUT2D eigenvalue weighted by atomic mass is 10.4. The Hall–Kier alpha value is -2.24. The van der Waals surface area contributed by atoms with E-state index in [1.165, 1.54) is 0 Å². The van der Waals surface area contributed by atoms with Crippen molar-refractivity contribution in [2.75, 3.05) is 17.2 Å². The molecule has 2 rings (SSSR count). The molecule has 0 radical (unpaired) electrons. The molecule has 19 heavy (non-hydrogen) atoms. The summed E-state index contributed by atoms with van der Waals surface area (Å²) < 4.78 is 0. The molecule has 0 unspecified atom stereocenters. The van der Waals surface area contributed by atoms with Crippen LogP contribution in [0.3, 0.4) is 0 Å². The Kier molecular flexibility index (Phi) is 4.60. The summed E-state index contributed by atoms with van der Waals surface area (Å²) >= 11 is 0. The number of aromatic nitrogens is 4. The molecule has 0 atom stereocenters. The largest absolute Gasteiger partial charge is 0.370 e. The Morgan fingerprint density at radius 3 is 2.63 bits per heavy atom. The van der Waals surface area contributed by atoms with Crippen LogP contribution >= 0.6 is 0 Å². The highest BCUT2D eigenvalue weighted by Gasteiger charge is 2.02. The molecule has 0 fully saturated rings. The second-order valence-corrected chi connectivity index (χ2v) is 4.18. The van der Waals surface area contributed by atoms with Gasteiger partial charge in [0.2, 0.25) is 0 Å². The van der Waals surface area contributed by atoms with Gasteiger partial charge in [0.15, 0.2) is 0 Å². The van der Waals surface area contributed by atoms with Crippen molar-refractivity contribution in [1.29, 1.82) is 0 Å². The summed E-state index contributed by atoms with van der Waals surface area (Å²) in [5, 5.41) is 14.3. The first-order chi connectivity index (χ1) is 9.28. The molecule has 2 N–H and O–H groups in total. The van der Waals surface area contributed by atoms with E-state index in [1.807, 2.05) is 25.1 Å². The summed E-state index contributed by atoms with van der Waals surface area (Å²) in [6.45, 7) is 5.50. The number of nitrogens with one attached hydrogen (secondary N) is 2. The van der Waals surface area contributed by atoms with Crippen LogP contribution in [0, 0.1) is 6.92 Å². The number of hydrogen-bond donors (Lipinski definition) is 2. The second-order valence-electron chi connectivity index (χ2n) is 4.18. The lowest BCUT2D eigenvalue weighted by Gasteiger charge is -2.09. The normalized spacial score (nSPS) is 10.2. The molecule has 0 aliphatic heterocycles. The van der Waals surface area contributed by atoms with Crippen molar-refractivity contribution >= 4 is 11.6 Å². The van der Waals surface area contributed by atoms with Crippen LogP contribution in [0.4, 0.5) is 11.6 Å². The van der Waals surface area contributed by atoms with Gasteiger partial charge in [-0.15, -0.1) is 0 Å². The minimum absolute atomic E-state index is 0.595. The first-order valence-electron chi connectivity index (χ1n) is 6.38. The second kappa shape index (κ2) is 6.63. The topological polar surface area (TPSA) is 75.6 Å². The van der Waals surface area contributed by atoms with Crippen LogP contribution < -0.4 is 10.6 Å². The Morgan fingerprint density at radius 1 is 1.16 bits per heavy atom. The highest BCUT2D eigenvalue weighted by Crippen LogP contribution is 2.11. The number of nitrogens with zero attached hydrogens (tertiary/aromatic N) is 4. The summed E-state index contributed by atoms with van der Waals surface area (Å²) in [4.78, 5) is 8.68. The quantitative estimate of drug-likeness (QED) is 0.825. The summed E-state index contributed by atoms with van der Waals surface area (Å²) in [6, 6.07) is 5.69. The number of hydrogen-bond acceptors (Lipinski definition) is 6. The van der Waals surface area contributed by atoms with Crippen molar-refractivity contribution in [3.63, 3.8) is 0 Å². The third kappa shape index (κ3) is 4.17. The van der Waals surface area contributed by atoms with Crippen molar-refractivity contribution in [3.8, 4) is 0 Å². The molecule has 6 heteroatoms. The van der Waals surface area contributed by atoms with Crippen LogP contribution in [0.5, 0.6) is 0 Å². The van der Waals surface area contributed by atoms with E-state index in [9.17, 15) is 0 Å².